The summed E-state index contributed by atoms with van der Waals surface area (Å²) in [6, 6.07) is 5.46. The van der Waals surface area contributed by atoms with Crippen LogP contribution in [0.5, 0.6) is 0 Å². The molecule has 26 heavy (non-hydrogen) atoms. The Morgan fingerprint density at radius 1 is 1.35 bits per heavy atom. The van der Waals surface area contributed by atoms with E-state index in [0.717, 1.165) is 0 Å². The van der Waals surface area contributed by atoms with Gasteiger partial charge in [0, 0.05) is 17.5 Å². The molecule has 4 N–H and O–H groups in total. The van der Waals surface area contributed by atoms with Gasteiger partial charge in [-0.3, -0.25) is 4.99 Å². The molecule has 0 amide bonds. The van der Waals surface area contributed by atoms with Gasteiger partial charge < -0.3 is 16.4 Å². The Morgan fingerprint density at radius 2 is 2.12 bits per heavy atom. The summed E-state index contributed by atoms with van der Waals surface area (Å²) >= 11 is 0. The average Bonchev–Trinajstić information content (AvgIpc) is 2.60. The molecule has 0 radical (unpaired) electrons. The first-order chi connectivity index (χ1) is 12.4. The van der Waals surface area contributed by atoms with Gasteiger partial charge in [0.2, 0.25) is 5.95 Å². The van der Waals surface area contributed by atoms with Crippen LogP contribution in [0.1, 0.15) is 30.2 Å². The Kier molecular flexibility index (Phi) is 4.62. The molecule has 1 aromatic carbocycles. The van der Waals surface area contributed by atoms with Crippen molar-refractivity contribution in [3.05, 3.63) is 40.8 Å². The van der Waals surface area contributed by atoms with Gasteiger partial charge in [0.05, 0.1) is 6.04 Å². The minimum atomic E-state index is -2.96. The predicted molar refractivity (Wildman–Crippen MR) is 90.6 cm³/mol. The minimum Gasteiger partial charge on any atom is -0.368 e. The number of anilines is 3. The monoisotopic (exact) mass is 361 g/mol. The van der Waals surface area contributed by atoms with E-state index in [1.807, 2.05) is 0 Å². The van der Waals surface area contributed by atoms with Crippen LogP contribution >= 0.6 is 0 Å². The number of alkyl halides is 2. The minimum absolute atomic E-state index is 0.0929. The number of hydrogen-bond donors (Lipinski definition) is 3. The summed E-state index contributed by atoms with van der Waals surface area (Å²) in [5.74, 6) is -0.837. The number of rotatable bonds is 4. The number of nitrogens with two attached hydrogens (primary N) is 1. The number of nitrogens with one attached hydrogen (secondary N) is 2. The molecule has 1 aromatic heterocycles. The number of halogens is 3. The van der Waals surface area contributed by atoms with Crippen molar-refractivity contribution in [3.63, 3.8) is 0 Å². The highest BCUT2D eigenvalue weighted by molar-refractivity contribution is 5.89. The fraction of sp³-hybridized carbons (Fsp3) is 0.250. The second kappa shape index (κ2) is 6.87. The smallest absolute Gasteiger partial charge is 0.281 e. The standard InChI is InChI=1S/C16H14F3N7/c1-7(14-22-6-8-4-9(17)2-3-11(8)24-14)23-15-10(5-20)12(13(18)19)25-16(21)26-15/h2-4,6-7,13-14,24H,1H3,(H3,21,23,25,26)/t7-,14?/m0/s1. The molecule has 134 valence electrons. The molecule has 3 rings (SSSR count). The van der Waals surface area contributed by atoms with Gasteiger partial charge in [-0.2, -0.15) is 10.2 Å². The maximum atomic E-state index is 13.2. The van der Waals surface area contributed by atoms with Gasteiger partial charge in [0.25, 0.3) is 6.43 Å². The highest BCUT2D eigenvalue weighted by atomic mass is 19.3. The summed E-state index contributed by atoms with van der Waals surface area (Å²) in [6.07, 6.45) is -1.94. The number of aliphatic imine (C=N–C) groups is 1. The van der Waals surface area contributed by atoms with Gasteiger partial charge >= 0.3 is 0 Å². The normalized spacial score (nSPS) is 16.5. The van der Waals surface area contributed by atoms with Crippen molar-refractivity contribution in [3.8, 4) is 6.07 Å². The molecule has 0 saturated carbocycles. The van der Waals surface area contributed by atoms with E-state index < -0.39 is 24.3 Å². The molecule has 1 aliphatic rings. The lowest BCUT2D eigenvalue weighted by atomic mass is 10.1. The van der Waals surface area contributed by atoms with E-state index >= 15 is 0 Å². The van der Waals surface area contributed by atoms with Crippen LogP contribution in [0.3, 0.4) is 0 Å². The molecular formula is C16H14F3N7. The molecule has 10 heteroatoms. The Hall–Kier alpha value is -3.35. The van der Waals surface area contributed by atoms with E-state index in [4.69, 9.17) is 5.73 Å². The summed E-state index contributed by atoms with van der Waals surface area (Å²) in [4.78, 5) is 11.6. The third kappa shape index (κ3) is 3.37. The lowest BCUT2D eigenvalue weighted by molar-refractivity contribution is 0.146. The number of nitrogens with zero attached hydrogens (tertiary/aromatic N) is 4. The Bertz CT molecular complexity index is 907. The van der Waals surface area contributed by atoms with Crippen LogP contribution in [0.2, 0.25) is 0 Å². The maximum absolute atomic E-state index is 13.2. The molecule has 0 fully saturated rings. The summed E-state index contributed by atoms with van der Waals surface area (Å²) in [7, 11) is 0. The molecule has 2 atom stereocenters. The molecule has 0 aliphatic carbocycles. The van der Waals surface area contributed by atoms with E-state index in [-0.39, 0.29) is 23.1 Å². The molecule has 0 saturated heterocycles. The van der Waals surface area contributed by atoms with Gasteiger partial charge in [-0.25, -0.2) is 18.2 Å². The molecule has 2 aromatic rings. The van der Waals surface area contributed by atoms with Crippen LogP contribution in [0, 0.1) is 17.1 Å². The van der Waals surface area contributed by atoms with Crippen molar-refractivity contribution in [1.82, 2.24) is 9.97 Å². The molecule has 0 spiro atoms. The zero-order valence-corrected chi connectivity index (χ0v) is 13.5. The van der Waals surface area contributed by atoms with Crippen LogP contribution in [-0.2, 0) is 0 Å². The van der Waals surface area contributed by atoms with Gasteiger partial charge in [-0.15, -0.1) is 0 Å². The van der Waals surface area contributed by atoms with E-state index in [1.165, 1.54) is 18.3 Å². The predicted octanol–water partition coefficient (Wildman–Crippen LogP) is 2.68. The number of fused-ring (bicyclic) bond motifs is 1. The van der Waals surface area contributed by atoms with Crippen LogP contribution in [0.15, 0.2) is 23.2 Å². The van der Waals surface area contributed by atoms with Crippen molar-refractivity contribution in [2.75, 3.05) is 16.4 Å². The van der Waals surface area contributed by atoms with E-state index in [0.29, 0.717) is 11.3 Å². The van der Waals surface area contributed by atoms with Crippen molar-refractivity contribution in [2.24, 2.45) is 4.99 Å². The summed E-state index contributed by atoms with van der Waals surface area (Å²) in [6.45, 7) is 1.73. The molecule has 7 nitrogen and oxygen atoms in total. The molecule has 1 aliphatic heterocycles. The third-order valence-electron chi connectivity index (χ3n) is 3.80. The third-order valence-corrected chi connectivity index (χ3v) is 3.80. The second-order valence-electron chi connectivity index (χ2n) is 5.64. The first-order valence-corrected chi connectivity index (χ1v) is 7.60. The van der Waals surface area contributed by atoms with Gasteiger partial charge in [-0.05, 0) is 25.1 Å². The second-order valence-corrected chi connectivity index (χ2v) is 5.64. The van der Waals surface area contributed by atoms with Gasteiger partial charge in [0.1, 0.15) is 35.1 Å². The molecular weight excluding hydrogens is 347 g/mol. The molecule has 2 heterocycles. The summed E-state index contributed by atoms with van der Waals surface area (Å²) < 4.78 is 39.4. The Labute approximate surface area is 146 Å². The number of nitrogen functional groups attached to an aromatic ring is 1. The summed E-state index contributed by atoms with van der Waals surface area (Å²) in [5.41, 5.74) is 5.64. The first-order valence-electron chi connectivity index (χ1n) is 7.60. The SMILES string of the molecule is C[C@H](Nc1nc(N)nc(C(F)F)c1C#N)C1N=Cc2cc(F)ccc2N1. The average molecular weight is 361 g/mol. The van der Waals surface area contributed by atoms with E-state index in [2.05, 4.69) is 25.6 Å². The first kappa shape index (κ1) is 17.5. The zero-order valence-electron chi connectivity index (χ0n) is 13.5. The Morgan fingerprint density at radius 3 is 2.81 bits per heavy atom. The number of aromatic nitrogens is 2. The van der Waals surface area contributed by atoms with Crippen LogP contribution in [0.25, 0.3) is 0 Å². The highest BCUT2D eigenvalue weighted by Crippen LogP contribution is 2.27. The zero-order chi connectivity index (χ0) is 18.8. The maximum Gasteiger partial charge on any atom is 0.281 e. The van der Waals surface area contributed by atoms with Crippen LogP contribution in [0.4, 0.5) is 30.6 Å². The topological polar surface area (TPSA) is 112 Å². The lowest BCUT2D eigenvalue weighted by Crippen LogP contribution is -2.38. The van der Waals surface area contributed by atoms with Crippen molar-refractivity contribution in [1.29, 1.82) is 5.26 Å². The lowest BCUT2D eigenvalue weighted by Gasteiger charge is -2.28. The van der Waals surface area contributed by atoms with Crippen LogP contribution in [-0.4, -0.2) is 28.4 Å². The van der Waals surface area contributed by atoms with Crippen LogP contribution < -0.4 is 16.4 Å². The van der Waals surface area contributed by atoms with Crippen molar-refractivity contribution >= 4 is 23.7 Å². The fourth-order valence-electron chi connectivity index (χ4n) is 2.55. The highest BCUT2D eigenvalue weighted by Gasteiger charge is 2.25. The molecule has 0 bridgehead atoms. The number of nitriles is 1. The number of benzene rings is 1. The van der Waals surface area contributed by atoms with Gasteiger partial charge in [-0.1, -0.05) is 0 Å². The van der Waals surface area contributed by atoms with E-state index in [1.54, 1.807) is 19.1 Å². The summed E-state index contributed by atoms with van der Waals surface area (Å²) in [5, 5.41) is 15.2. The quantitative estimate of drug-likeness (QED) is 0.772. The van der Waals surface area contributed by atoms with Crippen molar-refractivity contribution < 1.29 is 13.2 Å². The van der Waals surface area contributed by atoms with Crippen molar-refractivity contribution in [2.45, 2.75) is 25.6 Å². The van der Waals surface area contributed by atoms with Gasteiger partial charge in [0.15, 0.2) is 0 Å². The molecule has 1 unspecified atom stereocenters. The van der Waals surface area contributed by atoms with E-state index in [9.17, 15) is 18.4 Å². The number of hydrogen-bond acceptors (Lipinski definition) is 7. The Balaban J connectivity index is 1.84. The largest absolute Gasteiger partial charge is 0.368 e. The fourth-order valence-corrected chi connectivity index (χ4v) is 2.55.